The van der Waals surface area contributed by atoms with Crippen molar-refractivity contribution >= 4 is 5.96 Å². The number of unbranched alkanes of at least 4 members (excludes halogenated alkanes) is 1. The van der Waals surface area contributed by atoms with E-state index in [1.54, 1.807) is 7.11 Å². The molecule has 0 radical (unpaired) electrons. The summed E-state index contributed by atoms with van der Waals surface area (Å²) in [7, 11) is 5.58. The Bertz CT molecular complexity index is 521. The highest BCUT2D eigenvalue weighted by Gasteiger charge is 2.13. The van der Waals surface area contributed by atoms with E-state index in [2.05, 4.69) is 40.9 Å². The largest absolute Gasteiger partial charge is 0.383 e. The zero-order valence-electron chi connectivity index (χ0n) is 15.2. The van der Waals surface area contributed by atoms with Crippen LogP contribution >= 0.6 is 0 Å². The van der Waals surface area contributed by atoms with Gasteiger partial charge in [-0.2, -0.15) is 5.10 Å². The molecule has 0 aliphatic rings. The Morgan fingerprint density at radius 1 is 1.48 bits per heavy atom. The molecular weight excluding hydrogens is 290 g/mol. The van der Waals surface area contributed by atoms with E-state index in [1.165, 1.54) is 11.3 Å². The molecule has 0 atom stereocenters. The summed E-state index contributed by atoms with van der Waals surface area (Å²) >= 11 is 0. The second-order valence-electron chi connectivity index (χ2n) is 5.62. The van der Waals surface area contributed by atoms with Crippen molar-refractivity contribution in [3.05, 3.63) is 29.6 Å². The molecular formula is C17H31N5O. The molecule has 1 aromatic rings. The standard InChI is InChI=1S/C17H31N5O/c1-7-8-9-10-21(5)17(18-4)19-13-16-14(2)20-22(15(16)3)11-12-23-6/h7H,1,8-13H2,2-6H3,(H,18,19). The minimum absolute atomic E-state index is 0.669. The summed E-state index contributed by atoms with van der Waals surface area (Å²) in [4.78, 5) is 6.50. The van der Waals surface area contributed by atoms with Crippen LogP contribution in [-0.4, -0.2) is 55.0 Å². The summed E-state index contributed by atoms with van der Waals surface area (Å²) in [5.41, 5.74) is 3.45. The maximum absolute atomic E-state index is 5.13. The fourth-order valence-electron chi connectivity index (χ4n) is 2.52. The maximum atomic E-state index is 5.13. The molecule has 23 heavy (non-hydrogen) atoms. The van der Waals surface area contributed by atoms with Gasteiger partial charge in [0.25, 0.3) is 0 Å². The van der Waals surface area contributed by atoms with Crippen LogP contribution in [0.15, 0.2) is 17.6 Å². The van der Waals surface area contributed by atoms with Crippen molar-refractivity contribution in [3.63, 3.8) is 0 Å². The van der Waals surface area contributed by atoms with Crippen molar-refractivity contribution in [1.82, 2.24) is 20.0 Å². The molecule has 6 nitrogen and oxygen atoms in total. The number of aryl methyl sites for hydroxylation is 1. The van der Waals surface area contributed by atoms with Crippen molar-refractivity contribution in [1.29, 1.82) is 0 Å². The molecule has 0 spiro atoms. The highest BCUT2D eigenvalue weighted by atomic mass is 16.5. The van der Waals surface area contributed by atoms with Gasteiger partial charge in [0.15, 0.2) is 5.96 Å². The molecule has 130 valence electrons. The van der Waals surface area contributed by atoms with Crippen LogP contribution in [-0.2, 0) is 17.8 Å². The van der Waals surface area contributed by atoms with Crippen LogP contribution in [0.3, 0.4) is 0 Å². The number of guanidine groups is 1. The van der Waals surface area contributed by atoms with Gasteiger partial charge in [-0.15, -0.1) is 6.58 Å². The van der Waals surface area contributed by atoms with E-state index in [-0.39, 0.29) is 0 Å². The van der Waals surface area contributed by atoms with Gasteiger partial charge in [0.2, 0.25) is 0 Å². The van der Waals surface area contributed by atoms with Crippen molar-refractivity contribution in [3.8, 4) is 0 Å². The lowest BCUT2D eigenvalue weighted by Crippen LogP contribution is -2.39. The Hall–Kier alpha value is -1.82. The SMILES string of the molecule is C=CCCCN(C)C(=NC)NCc1c(C)nn(CCOC)c1C. The van der Waals surface area contributed by atoms with Crippen LogP contribution in [0.25, 0.3) is 0 Å². The lowest BCUT2D eigenvalue weighted by atomic mass is 10.2. The minimum Gasteiger partial charge on any atom is -0.383 e. The topological polar surface area (TPSA) is 54.7 Å². The molecule has 0 aromatic carbocycles. The summed E-state index contributed by atoms with van der Waals surface area (Å²) < 4.78 is 7.14. The number of nitrogens with zero attached hydrogens (tertiary/aromatic N) is 4. The molecule has 0 unspecified atom stereocenters. The van der Waals surface area contributed by atoms with Gasteiger partial charge in [-0.1, -0.05) is 6.08 Å². The molecule has 1 aromatic heterocycles. The third-order valence-corrected chi connectivity index (χ3v) is 3.94. The molecule has 0 saturated heterocycles. The van der Waals surface area contributed by atoms with Crippen LogP contribution in [0.4, 0.5) is 0 Å². The average Bonchev–Trinajstić information content (AvgIpc) is 2.80. The first-order valence-corrected chi connectivity index (χ1v) is 8.09. The number of methoxy groups -OCH3 is 1. The molecule has 0 bridgehead atoms. The van der Waals surface area contributed by atoms with E-state index in [0.717, 1.165) is 44.1 Å². The molecule has 0 aliphatic heterocycles. The number of nitrogens with one attached hydrogen (secondary N) is 1. The van der Waals surface area contributed by atoms with E-state index >= 15 is 0 Å². The molecule has 0 aliphatic carbocycles. The maximum Gasteiger partial charge on any atom is 0.193 e. The Balaban J connectivity index is 2.65. The highest BCUT2D eigenvalue weighted by Crippen LogP contribution is 2.13. The highest BCUT2D eigenvalue weighted by molar-refractivity contribution is 5.79. The zero-order chi connectivity index (χ0) is 17.2. The number of aromatic nitrogens is 2. The predicted octanol–water partition coefficient (Wildman–Crippen LogP) is 2.12. The summed E-state index contributed by atoms with van der Waals surface area (Å²) in [5.74, 6) is 0.900. The van der Waals surface area contributed by atoms with Crippen LogP contribution in [0.5, 0.6) is 0 Å². The Kier molecular flexibility index (Phi) is 8.40. The number of rotatable bonds is 9. The first-order chi connectivity index (χ1) is 11.0. The smallest absolute Gasteiger partial charge is 0.193 e. The molecule has 1 N–H and O–H groups in total. The van der Waals surface area contributed by atoms with E-state index < -0.39 is 0 Å². The van der Waals surface area contributed by atoms with Gasteiger partial charge in [0.1, 0.15) is 0 Å². The lowest BCUT2D eigenvalue weighted by Gasteiger charge is -2.22. The van der Waals surface area contributed by atoms with Gasteiger partial charge in [-0.25, -0.2) is 0 Å². The van der Waals surface area contributed by atoms with Gasteiger partial charge in [0, 0.05) is 45.6 Å². The second kappa shape index (κ2) is 10.0. The fourth-order valence-corrected chi connectivity index (χ4v) is 2.52. The third kappa shape index (κ3) is 5.71. The monoisotopic (exact) mass is 321 g/mol. The van der Waals surface area contributed by atoms with Crippen LogP contribution < -0.4 is 5.32 Å². The minimum atomic E-state index is 0.669. The predicted molar refractivity (Wildman–Crippen MR) is 95.8 cm³/mol. The number of hydrogen-bond donors (Lipinski definition) is 1. The van der Waals surface area contributed by atoms with Crippen molar-refractivity contribution in [2.24, 2.45) is 4.99 Å². The molecule has 0 amide bonds. The summed E-state index contributed by atoms with van der Waals surface area (Å²) in [6.45, 7) is 11.0. The molecule has 0 fully saturated rings. The third-order valence-electron chi connectivity index (χ3n) is 3.94. The number of aliphatic imine (C=N–C) groups is 1. The van der Waals surface area contributed by atoms with Gasteiger partial charge < -0.3 is 15.0 Å². The molecule has 6 heteroatoms. The van der Waals surface area contributed by atoms with E-state index in [9.17, 15) is 0 Å². The number of hydrogen-bond acceptors (Lipinski definition) is 3. The van der Waals surface area contributed by atoms with Gasteiger partial charge in [0.05, 0.1) is 18.8 Å². The lowest BCUT2D eigenvalue weighted by molar-refractivity contribution is 0.182. The average molecular weight is 321 g/mol. The first-order valence-electron chi connectivity index (χ1n) is 8.09. The van der Waals surface area contributed by atoms with E-state index in [0.29, 0.717) is 6.61 Å². The van der Waals surface area contributed by atoms with Gasteiger partial charge >= 0.3 is 0 Å². The summed E-state index contributed by atoms with van der Waals surface area (Å²) in [6.07, 6.45) is 4.05. The Morgan fingerprint density at radius 2 is 2.22 bits per heavy atom. The van der Waals surface area contributed by atoms with Crippen LogP contribution in [0.2, 0.25) is 0 Å². The summed E-state index contributed by atoms with van der Waals surface area (Å²) in [6, 6.07) is 0. The second-order valence-corrected chi connectivity index (χ2v) is 5.62. The number of ether oxygens (including phenoxy) is 1. The quantitative estimate of drug-likeness (QED) is 0.328. The molecule has 0 saturated carbocycles. The van der Waals surface area contributed by atoms with E-state index in [4.69, 9.17) is 4.74 Å². The summed E-state index contributed by atoms with van der Waals surface area (Å²) in [5, 5.41) is 8.02. The van der Waals surface area contributed by atoms with Crippen LogP contribution in [0.1, 0.15) is 29.8 Å². The Morgan fingerprint density at radius 3 is 2.83 bits per heavy atom. The van der Waals surface area contributed by atoms with Crippen molar-refractivity contribution in [2.75, 3.05) is 34.4 Å². The van der Waals surface area contributed by atoms with Crippen molar-refractivity contribution in [2.45, 2.75) is 39.8 Å². The van der Waals surface area contributed by atoms with Gasteiger partial charge in [-0.05, 0) is 26.7 Å². The normalized spacial score (nSPS) is 11.6. The first kappa shape index (κ1) is 19.2. The Labute approximate surface area is 140 Å². The number of allylic oxidation sites excluding steroid dienone is 1. The van der Waals surface area contributed by atoms with Crippen LogP contribution in [0, 0.1) is 13.8 Å². The van der Waals surface area contributed by atoms with E-state index in [1.807, 2.05) is 24.7 Å². The van der Waals surface area contributed by atoms with Crippen molar-refractivity contribution < 1.29 is 4.74 Å². The molecule has 1 rings (SSSR count). The molecule has 1 heterocycles. The fraction of sp³-hybridized carbons (Fsp3) is 0.647. The van der Waals surface area contributed by atoms with Gasteiger partial charge in [-0.3, -0.25) is 9.67 Å². The zero-order valence-corrected chi connectivity index (χ0v) is 15.2.